The fourth-order valence-corrected chi connectivity index (χ4v) is 3.77. The first-order valence-electron chi connectivity index (χ1n) is 10.5. The molecule has 2 aromatic heterocycles. The first-order valence-corrected chi connectivity index (χ1v) is 10.5. The van der Waals surface area contributed by atoms with Crippen molar-refractivity contribution in [2.75, 3.05) is 6.61 Å². The van der Waals surface area contributed by atoms with Crippen molar-refractivity contribution in [1.82, 2.24) is 14.3 Å². The molecule has 0 aliphatic carbocycles. The van der Waals surface area contributed by atoms with Crippen molar-refractivity contribution < 1.29 is 13.9 Å². The third-order valence-electron chi connectivity index (χ3n) is 5.33. The molecule has 0 saturated heterocycles. The van der Waals surface area contributed by atoms with E-state index in [1.54, 1.807) is 66.7 Å². The van der Waals surface area contributed by atoms with Gasteiger partial charge in [0.1, 0.15) is 0 Å². The van der Waals surface area contributed by atoms with Crippen molar-refractivity contribution in [3.8, 4) is 5.69 Å². The molecule has 0 N–H and O–H groups in total. The zero-order valence-corrected chi connectivity index (χ0v) is 17.5. The first-order chi connectivity index (χ1) is 16.1. The highest BCUT2D eigenvalue weighted by atomic mass is 16.5. The molecule has 164 valence electrons. The molecule has 0 aliphatic heterocycles. The summed E-state index contributed by atoms with van der Waals surface area (Å²) in [6, 6.07) is 22.9. The van der Waals surface area contributed by atoms with Crippen LogP contribution in [0.1, 0.15) is 16.9 Å². The number of aromatic nitrogens is 3. The molecule has 5 rings (SSSR count). The van der Waals surface area contributed by atoms with E-state index >= 15 is 0 Å². The van der Waals surface area contributed by atoms with Crippen LogP contribution in [0, 0.1) is 0 Å². The molecule has 8 heteroatoms. The predicted molar refractivity (Wildman–Crippen MR) is 123 cm³/mol. The first kappa shape index (κ1) is 20.4. The van der Waals surface area contributed by atoms with Crippen LogP contribution in [0.2, 0.25) is 0 Å². The number of ether oxygens (including phenoxy) is 1. The summed E-state index contributed by atoms with van der Waals surface area (Å²) in [4.78, 5) is 37.9. The van der Waals surface area contributed by atoms with Gasteiger partial charge in [0.15, 0.2) is 11.3 Å². The fraction of sp³-hybridized carbons (Fsp3) is 0.120. The van der Waals surface area contributed by atoms with Crippen molar-refractivity contribution >= 4 is 27.8 Å². The molecule has 0 spiro atoms. The minimum absolute atomic E-state index is 0.0555. The molecule has 0 radical (unpaired) electrons. The van der Waals surface area contributed by atoms with Gasteiger partial charge in [-0.15, -0.1) is 0 Å². The van der Waals surface area contributed by atoms with E-state index in [4.69, 9.17) is 9.15 Å². The minimum Gasteiger partial charge on any atom is -0.461 e. The van der Waals surface area contributed by atoms with Gasteiger partial charge in [-0.25, -0.2) is 9.59 Å². The number of hydrogen-bond donors (Lipinski definition) is 0. The van der Waals surface area contributed by atoms with Crippen LogP contribution < -0.4 is 11.3 Å². The van der Waals surface area contributed by atoms with Crippen LogP contribution in [0.25, 0.3) is 27.6 Å². The second kappa shape index (κ2) is 8.58. The summed E-state index contributed by atoms with van der Waals surface area (Å²) in [5.41, 5.74) is 1.49. The molecule has 33 heavy (non-hydrogen) atoms. The van der Waals surface area contributed by atoms with Crippen molar-refractivity contribution in [3.05, 3.63) is 105 Å². The maximum Gasteiger partial charge on any atom is 0.419 e. The van der Waals surface area contributed by atoms with Gasteiger partial charge in [0.25, 0.3) is 5.56 Å². The Balaban J connectivity index is 1.38. The number of nitrogens with zero attached hydrogens (tertiary/aromatic N) is 3. The van der Waals surface area contributed by atoms with Crippen LogP contribution in [0.4, 0.5) is 0 Å². The highest BCUT2D eigenvalue weighted by molar-refractivity contribution is 6.02. The third kappa shape index (κ3) is 3.82. The molecule has 2 heterocycles. The number of carbonyl (C=O) groups excluding carboxylic acids is 1. The number of carbonyl (C=O) groups is 1. The number of benzene rings is 3. The van der Waals surface area contributed by atoms with Gasteiger partial charge in [0.2, 0.25) is 0 Å². The number of hydrogen-bond acceptors (Lipinski definition) is 6. The molecule has 3 aromatic carbocycles. The Morgan fingerprint density at radius 2 is 1.58 bits per heavy atom. The minimum atomic E-state index is -0.639. The number of para-hydroxylation sites is 3. The Labute approximate surface area is 187 Å². The van der Waals surface area contributed by atoms with Gasteiger partial charge in [-0.1, -0.05) is 48.5 Å². The average molecular weight is 441 g/mol. The SMILES string of the molecule is O=C(OCCCn1c(=O)oc2ccccc21)c1nn(-c2ccccc2)c(=O)c2ccccc12. The molecule has 5 aromatic rings. The van der Waals surface area contributed by atoms with Gasteiger partial charge in [0.05, 0.1) is 23.2 Å². The van der Waals surface area contributed by atoms with Gasteiger partial charge in [0, 0.05) is 11.9 Å². The summed E-state index contributed by atoms with van der Waals surface area (Å²) in [5, 5.41) is 5.12. The second-order valence-electron chi connectivity index (χ2n) is 7.42. The zero-order chi connectivity index (χ0) is 22.8. The zero-order valence-electron chi connectivity index (χ0n) is 17.5. The summed E-state index contributed by atoms with van der Waals surface area (Å²) in [5.74, 6) is -1.09. The predicted octanol–water partition coefficient (Wildman–Crippen LogP) is 3.54. The summed E-state index contributed by atoms with van der Waals surface area (Å²) < 4.78 is 13.4. The number of oxazole rings is 1. The van der Waals surface area contributed by atoms with E-state index in [0.29, 0.717) is 40.5 Å². The lowest BCUT2D eigenvalue weighted by Crippen LogP contribution is -2.25. The lowest BCUT2D eigenvalue weighted by molar-refractivity contribution is 0.0489. The standard InChI is InChI=1S/C25H19N3O5/c29-23-19-12-5-4-11-18(19)22(26-28(23)17-9-2-1-3-10-17)24(30)32-16-8-15-27-20-13-6-7-14-21(20)33-25(27)31/h1-7,9-14H,8,15-16H2. The van der Waals surface area contributed by atoms with Crippen LogP contribution >= 0.6 is 0 Å². The van der Waals surface area contributed by atoms with E-state index in [2.05, 4.69) is 5.10 Å². The van der Waals surface area contributed by atoms with E-state index in [1.807, 2.05) is 12.1 Å². The molecule has 0 amide bonds. The fourth-order valence-electron chi connectivity index (χ4n) is 3.77. The molecule has 0 fully saturated rings. The molecule has 8 nitrogen and oxygen atoms in total. The third-order valence-corrected chi connectivity index (χ3v) is 5.33. The topological polar surface area (TPSA) is 96.3 Å². The molecule has 0 bridgehead atoms. The van der Waals surface area contributed by atoms with E-state index in [0.717, 1.165) is 0 Å². The smallest absolute Gasteiger partial charge is 0.419 e. The number of fused-ring (bicyclic) bond motifs is 2. The van der Waals surface area contributed by atoms with E-state index in [9.17, 15) is 14.4 Å². The highest BCUT2D eigenvalue weighted by Gasteiger charge is 2.19. The van der Waals surface area contributed by atoms with E-state index in [1.165, 1.54) is 9.25 Å². The lowest BCUT2D eigenvalue weighted by atomic mass is 10.1. The van der Waals surface area contributed by atoms with Crippen molar-refractivity contribution in [2.24, 2.45) is 0 Å². The number of aryl methyl sites for hydroxylation is 1. The Morgan fingerprint density at radius 1 is 0.879 bits per heavy atom. The van der Waals surface area contributed by atoms with Crippen molar-refractivity contribution in [2.45, 2.75) is 13.0 Å². The molecular weight excluding hydrogens is 422 g/mol. The maximum absolute atomic E-state index is 12.9. The lowest BCUT2D eigenvalue weighted by Gasteiger charge is -2.11. The van der Waals surface area contributed by atoms with Crippen LogP contribution in [-0.2, 0) is 11.3 Å². The normalized spacial score (nSPS) is 11.2. The quantitative estimate of drug-likeness (QED) is 0.295. The van der Waals surface area contributed by atoms with Crippen LogP contribution in [0.15, 0.2) is 92.9 Å². The molecule has 0 atom stereocenters. The van der Waals surface area contributed by atoms with Gasteiger partial charge >= 0.3 is 11.7 Å². The molecule has 0 aliphatic rings. The Bertz CT molecular complexity index is 1580. The van der Waals surface area contributed by atoms with Crippen LogP contribution in [0.3, 0.4) is 0 Å². The number of esters is 1. The Morgan fingerprint density at radius 3 is 2.39 bits per heavy atom. The van der Waals surface area contributed by atoms with Crippen molar-refractivity contribution in [1.29, 1.82) is 0 Å². The largest absolute Gasteiger partial charge is 0.461 e. The summed E-state index contributed by atoms with van der Waals surface area (Å²) >= 11 is 0. The van der Waals surface area contributed by atoms with Crippen molar-refractivity contribution in [3.63, 3.8) is 0 Å². The molecular formula is C25H19N3O5. The number of rotatable bonds is 6. The van der Waals surface area contributed by atoms with Crippen LogP contribution in [0.5, 0.6) is 0 Å². The summed E-state index contributed by atoms with van der Waals surface area (Å²) in [7, 11) is 0. The summed E-state index contributed by atoms with van der Waals surface area (Å²) in [6.45, 7) is 0.409. The molecule has 0 saturated carbocycles. The second-order valence-corrected chi connectivity index (χ2v) is 7.42. The van der Waals surface area contributed by atoms with Gasteiger partial charge in [-0.3, -0.25) is 9.36 Å². The maximum atomic E-state index is 12.9. The monoisotopic (exact) mass is 441 g/mol. The van der Waals surface area contributed by atoms with Gasteiger partial charge < -0.3 is 9.15 Å². The highest BCUT2D eigenvalue weighted by Crippen LogP contribution is 2.17. The van der Waals surface area contributed by atoms with Crippen LogP contribution in [-0.4, -0.2) is 26.9 Å². The van der Waals surface area contributed by atoms with Gasteiger partial charge in [-0.05, 0) is 36.8 Å². The average Bonchev–Trinajstić information content (AvgIpc) is 3.17. The summed E-state index contributed by atoms with van der Waals surface area (Å²) in [6.07, 6.45) is 0.408. The Hall–Kier alpha value is -4.46. The molecule has 0 unspecified atom stereocenters. The van der Waals surface area contributed by atoms with E-state index < -0.39 is 11.7 Å². The Kier molecular flexibility index (Phi) is 5.32. The van der Waals surface area contributed by atoms with Gasteiger partial charge in [-0.2, -0.15) is 9.78 Å². The van der Waals surface area contributed by atoms with E-state index in [-0.39, 0.29) is 17.9 Å².